The normalized spacial score (nSPS) is 18.0. The average molecular weight is 173 g/mol. The number of carboxylic acids is 1. The van der Waals surface area contributed by atoms with Gasteiger partial charge in [-0.15, -0.1) is 0 Å². The molecule has 1 rings (SSSR count). The van der Waals surface area contributed by atoms with Gasteiger partial charge in [-0.25, -0.2) is 5.06 Å². The van der Waals surface area contributed by atoms with Crippen LogP contribution in [0.3, 0.4) is 0 Å². The third-order valence-electron chi connectivity index (χ3n) is 1.59. The van der Waals surface area contributed by atoms with Crippen molar-refractivity contribution < 1.29 is 19.5 Å². The topological polar surface area (TPSA) is 66.8 Å². The summed E-state index contributed by atoms with van der Waals surface area (Å²) in [5, 5.41) is 9.47. The molecule has 0 aliphatic carbocycles. The van der Waals surface area contributed by atoms with E-state index in [9.17, 15) is 9.59 Å². The quantitative estimate of drug-likeness (QED) is 0.653. The number of amides is 1. The number of carbonyl (C=O) groups is 2. The van der Waals surface area contributed by atoms with Crippen LogP contribution in [0.2, 0.25) is 0 Å². The van der Waals surface area contributed by atoms with Gasteiger partial charge in [-0.1, -0.05) is 0 Å². The molecule has 0 aromatic carbocycles. The first kappa shape index (κ1) is 8.99. The molecular formula is C7H11NO4. The lowest BCUT2D eigenvalue weighted by molar-refractivity contribution is -0.198. The van der Waals surface area contributed by atoms with Crippen LogP contribution in [0.4, 0.5) is 0 Å². The third-order valence-corrected chi connectivity index (χ3v) is 1.59. The first-order valence-corrected chi connectivity index (χ1v) is 3.85. The molecule has 1 aliphatic heterocycles. The summed E-state index contributed by atoms with van der Waals surface area (Å²) >= 11 is 0. The zero-order chi connectivity index (χ0) is 8.97. The van der Waals surface area contributed by atoms with Gasteiger partial charge in [0.1, 0.15) is 0 Å². The van der Waals surface area contributed by atoms with Crippen molar-refractivity contribution in [2.45, 2.75) is 19.3 Å². The molecule has 1 saturated heterocycles. The van der Waals surface area contributed by atoms with Crippen LogP contribution in [0, 0.1) is 0 Å². The van der Waals surface area contributed by atoms with Crippen LogP contribution in [0.5, 0.6) is 0 Å². The van der Waals surface area contributed by atoms with Crippen molar-refractivity contribution in [3.05, 3.63) is 0 Å². The average Bonchev–Trinajstić information content (AvgIpc) is 2.03. The Morgan fingerprint density at radius 2 is 2.42 bits per heavy atom. The van der Waals surface area contributed by atoms with Crippen LogP contribution in [-0.4, -0.2) is 35.2 Å². The summed E-state index contributed by atoms with van der Waals surface area (Å²) in [7, 11) is 0. The molecule has 0 bridgehead atoms. The van der Waals surface area contributed by atoms with Gasteiger partial charge in [-0.3, -0.25) is 14.4 Å². The van der Waals surface area contributed by atoms with E-state index in [0.717, 1.165) is 11.5 Å². The second-order valence-corrected chi connectivity index (χ2v) is 2.58. The van der Waals surface area contributed by atoms with E-state index in [4.69, 9.17) is 9.94 Å². The summed E-state index contributed by atoms with van der Waals surface area (Å²) in [5.74, 6) is -1.04. The monoisotopic (exact) mass is 173 g/mol. The highest BCUT2D eigenvalue weighted by atomic mass is 16.7. The Morgan fingerprint density at radius 1 is 1.67 bits per heavy atom. The second-order valence-electron chi connectivity index (χ2n) is 2.58. The lowest BCUT2D eigenvalue weighted by Gasteiger charge is -2.24. The molecule has 0 radical (unpaired) electrons. The van der Waals surface area contributed by atoms with Crippen molar-refractivity contribution in [3.8, 4) is 0 Å². The van der Waals surface area contributed by atoms with Gasteiger partial charge >= 0.3 is 5.97 Å². The van der Waals surface area contributed by atoms with Gasteiger partial charge in [0.15, 0.2) is 0 Å². The number of hydrogen-bond acceptors (Lipinski definition) is 3. The molecule has 1 N–H and O–H groups in total. The summed E-state index contributed by atoms with van der Waals surface area (Å²) in [4.78, 5) is 26.1. The summed E-state index contributed by atoms with van der Waals surface area (Å²) in [6, 6.07) is 0. The Hall–Kier alpha value is -1.10. The van der Waals surface area contributed by atoms with Gasteiger partial charge in [-0.05, 0) is 6.42 Å². The maximum absolute atomic E-state index is 11.0. The number of carboxylic acid groups (broad SMARTS) is 1. The minimum atomic E-state index is -0.919. The molecule has 0 atom stereocenters. The molecule has 1 aliphatic rings. The lowest BCUT2D eigenvalue weighted by Crippen LogP contribution is -2.36. The van der Waals surface area contributed by atoms with Gasteiger partial charge in [-0.2, -0.15) is 0 Å². The third kappa shape index (κ3) is 2.50. The van der Waals surface area contributed by atoms with Crippen molar-refractivity contribution in [1.82, 2.24) is 5.06 Å². The molecule has 5 heteroatoms. The Balaban J connectivity index is 2.29. The maximum atomic E-state index is 11.0. The largest absolute Gasteiger partial charge is 0.481 e. The maximum Gasteiger partial charge on any atom is 0.305 e. The highest BCUT2D eigenvalue weighted by Crippen LogP contribution is 2.07. The number of hydroxylamine groups is 2. The number of hydrogen-bond donors (Lipinski definition) is 1. The van der Waals surface area contributed by atoms with Gasteiger partial charge in [0, 0.05) is 6.42 Å². The lowest BCUT2D eigenvalue weighted by atomic mass is 10.3. The van der Waals surface area contributed by atoms with E-state index in [0.29, 0.717) is 13.0 Å². The van der Waals surface area contributed by atoms with Gasteiger partial charge < -0.3 is 5.11 Å². The molecule has 1 heterocycles. The van der Waals surface area contributed by atoms with Crippen LogP contribution in [0.1, 0.15) is 19.3 Å². The SMILES string of the molecule is O=C(O)CCN1OCCCC1=O. The van der Waals surface area contributed by atoms with Gasteiger partial charge in [0.05, 0.1) is 19.6 Å². The van der Waals surface area contributed by atoms with Crippen LogP contribution in [-0.2, 0) is 14.4 Å². The van der Waals surface area contributed by atoms with Crippen LogP contribution < -0.4 is 0 Å². The van der Waals surface area contributed by atoms with Crippen molar-refractivity contribution in [3.63, 3.8) is 0 Å². The Labute approximate surface area is 69.9 Å². The van der Waals surface area contributed by atoms with Gasteiger partial charge in [0.2, 0.25) is 5.91 Å². The van der Waals surface area contributed by atoms with E-state index < -0.39 is 5.97 Å². The minimum Gasteiger partial charge on any atom is -0.481 e. The fourth-order valence-corrected chi connectivity index (χ4v) is 0.981. The molecule has 0 aromatic heterocycles. The van der Waals surface area contributed by atoms with Crippen molar-refractivity contribution >= 4 is 11.9 Å². The molecule has 1 amide bonds. The van der Waals surface area contributed by atoms with Crippen LogP contribution in [0.15, 0.2) is 0 Å². The minimum absolute atomic E-state index is 0.0638. The van der Waals surface area contributed by atoms with Crippen molar-refractivity contribution in [1.29, 1.82) is 0 Å². The fourth-order valence-electron chi connectivity index (χ4n) is 0.981. The number of rotatable bonds is 3. The van der Waals surface area contributed by atoms with E-state index in [1.54, 1.807) is 0 Å². The fraction of sp³-hybridized carbons (Fsp3) is 0.714. The van der Waals surface area contributed by atoms with Crippen LogP contribution >= 0.6 is 0 Å². The molecule has 0 spiro atoms. The predicted molar refractivity (Wildman–Crippen MR) is 39.2 cm³/mol. The Bertz CT molecular complexity index is 192. The standard InChI is InChI=1S/C7H11NO4/c9-6-2-1-5-12-8(6)4-3-7(10)11/h1-5H2,(H,10,11). The number of aliphatic carboxylic acids is 1. The molecule has 68 valence electrons. The summed E-state index contributed by atoms with van der Waals surface area (Å²) in [5.41, 5.74) is 0. The van der Waals surface area contributed by atoms with Crippen molar-refractivity contribution in [2.75, 3.05) is 13.2 Å². The van der Waals surface area contributed by atoms with Gasteiger partial charge in [0.25, 0.3) is 0 Å². The van der Waals surface area contributed by atoms with E-state index in [1.165, 1.54) is 0 Å². The molecule has 1 fully saturated rings. The van der Waals surface area contributed by atoms with E-state index in [2.05, 4.69) is 0 Å². The Morgan fingerprint density at radius 3 is 3.00 bits per heavy atom. The van der Waals surface area contributed by atoms with E-state index in [1.807, 2.05) is 0 Å². The van der Waals surface area contributed by atoms with Crippen molar-refractivity contribution in [2.24, 2.45) is 0 Å². The molecular weight excluding hydrogens is 162 g/mol. The predicted octanol–water partition coefficient (Wildman–Crippen LogP) is 0.0151. The zero-order valence-corrected chi connectivity index (χ0v) is 6.65. The Kier molecular flexibility index (Phi) is 3.04. The molecule has 12 heavy (non-hydrogen) atoms. The highest BCUT2D eigenvalue weighted by Gasteiger charge is 2.19. The summed E-state index contributed by atoms with van der Waals surface area (Å²) in [6.45, 7) is 0.652. The zero-order valence-electron chi connectivity index (χ0n) is 6.65. The number of carbonyl (C=O) groups excluding carboxylic acids is 1. The smallest absolute Gasteiger partial charge is 0.305 e. The first-order chi connectivity index (χ1) is 5.70. The van der Waals surface area contributed by atoms with E-state index in [-0.39, 0.29) is 18.9 Å². The highest BCUT2D eigenvalue weighted by molar-refractivity contribution is 5.76. The number of nitrogens with zero attached hydrogens (tertiary/aromatic N) is 1. The molecule has 0 aromatic rings. The molecule has 0 saturated carbocycles. The second kappa shape index (κ2) is 4.06. The summed E-state index contributed by atoms with van der Waals surface area (Å²) in [6.07, 6.45) is 1.12. The van der Waals surface area contributed by atoms with Crippen LogP contribution in [0.25, 0.3) is 0 Å². The van der Waals surface area contributed by atoms with E-state index >= 15 is 0 Å². The summed E-state index contributed by atoms with van der Waals surface area (Å²) < 4.78 is 0. The molecule has 5 nitrogen and oxygen atoms in total. The first-order valence-electron chi connectivity index (χ1n) is 3.85. The molecule has 0 unspecified atom stereocenters.